The number of carbonyl (C=O) groups excluding carboxylic acids is 1. The molecule has 0 saturated carbocycles. The number of fused-ring (bicyclic) bond motifs is 1. The predicted octanol–water partition coefficient (Wildman–Crippen LogP) is 4.60. The van der Waals surface area contributed by atoms with Gasteiger partial charge < -0.3 is 20.1 Å². The molecular formula is C23H22N2O3. The minimum Gasteiger partial charge on any atom is -0.454 e. The lowest BCUT2D eigenvalue weighted by Crippen LogP contribution is -2.12. The minimum atomic E-state index is 0.0184. The summed E-state index contributed by atoms with van der Waals surface area (Å²) in [6.45, 7) is 0.962. The van der Waals surface area contributed by atoms with Crippen LogP contribution in [0.2, 0.25) is 0 Å². The normalized spacial score (nSPS) is 11.9. The van der Waals surface area contributed by atoms with Crippen molar-refractivity contribution in [1.82, 2.24) is 0 Å². The van der Waals surface area contributed by atoms with Crippen LogP contribution in [-0.2, 0) is 17.8 Å². The van der Waals surface area contributed by atoms with E-state index in [2.05, 4.69) is 10.6 Å². The number of amides is 1. The Morgan fingerprint density at radius 3 is 2.39 bits per heavy atom. The van der Waals surface area contributed by atoms with Crippen molar-refractivity contribution in [3.63, 3.8) is 0 Å². The fraction of sp³-hybridized carbons (Fsp3) is 0.174. The molecule has 0 unspecified atom stereocenters. The highest BCUT2D eigenvalue weighted by molar-refractivity contribution is 5.91. The highest BCUT2D eigenvalue weighted by Crippen LogP contribution is 2.32. The number of ether oxygens (including phenoxy) is 2. The SMILES string of the molecule is O=C(CCc1ccccc1)Nc1ccc(NCc2ccc3c(c2)OCO3)cc1. The van der Waals surface area contributed by atoms with Gasteiger partial charge in [-0.1, -0.05) is 36.4 Å². The van der Waals surface area contributed by atoms with Crippen LogP contribution in [-0.4, -0.2) is 12.7 Å². The maximum absolute atomic E-state index is 12.1. The Bertz CT molecular complexity index is 940. The van der Waals surface area contributed by atoms with E-state index in [1.807, 2.05) is 72.8 Å². The number of nitrogens with one attached hydrogen (secondary N) is 2. The van der Waals surface area contributed by atoms with Crippen molar-refractivity contribution in [3.05, 3.63) is 83.9 Å². The van der Waals surface area contributed by atoms with E-state index >= 15 is 0 Å². The Morgan fingerprint density at radius 1 is 0.821 bits per heavy atom. The Morgan fingerprint density at radius 2 is 1.57 bits per heavy atom. The topological polar surface area (TPSA) is 59.6 Å². The third-order valence-electron chi connectivity index (χ3n) is 4.59. The Balaban J connectivity index is 1.26. The van der Waals surface area contributed by atoms with Gasteiger partial charge in [-0.3, -0.25) is 4.79 Å². The standard InChI is InChI=1S/C23H22N2O3/c26-23(13-7-17-4-2-1-3-5-17)25-20-10-8-19(9-11-20)24-15-18-6-12-21-22(14-18)28-16-27-21/h1-6,8-12,14,24H,7,13,15-16H2,(H,25,26). The first kappa shape index (κ1) is 17.9. The van der Waals surface area contributed by atoms with Crippen LogP contribution < -0.4 is 20.1 Å². The minimum absolute atomic E-state index is 0.0184. The summed E-state index contributed by atoms with van der Waals surface area (Å²) < 4.78 is 10.7. The summed E-state index contributed by atoms with van der Waals surface area (Å²) in [6.07, 6.45) is 1.20. The van der Waals surface area contributed by atoms with E-state index in [1.165, 1.54) is 5.56 Å². The van der Waals surface area contributed by atoms with Crippen molar-refractivity contribution >= 4 is 17.3 Å². The summed E-state index contributed by atoms with van der Waals surface area (Å²) in [7, 11) is 0. The number of carbonyl (C=O) groups is 1. The van der Waals surface area contributed by atoms with Crippen molar-refractivity contribution in [1.29, 1.82) is 0 Å². The molecule has 1 amide bonds. The maximum Gasteiger partial charge on any atom is 0.231 e. The predicted molar refractivity (Wildman–Crippen MR) is 110 cm³/mol. The maximum atomic E-state index is 12.1. The molecule has 142 valence electrons. The molecule has 2 N–H and O–H groups in total. The molecule has 4 rings (SSSR count). The van der Waals surface area contributed by atoms with Crippen molar-refractivity contribution in [3.8, 4) is 11.5 Å². The zero-order valence-electron chi connectivity index (χ0n) is 15.5. The fourth-order valence-corrected chi connectivity index (χ4v) is 3.05. The third kappa shape index (κ3) is 4.62. The van der Waals surface area contributed by atoms with E-state index in [0.29, 0.717) is 13.0 Å². The number of hydrogen-bond acceptors (Lipinski definition) is 4. The van der Waals surface area contributed by atoms with E-state index in [4.69, 9.17) is 9.47 Å². The van der Waals surface area contributed by atoms with Crippen LogP contribution in [0.25, 0.3) is 0 Å². The van der Waals surface area contributed by atoms with E-state index in [0.717, 1.165) is 34.9 Å². The number of aryl methyl sites for hydroxylation is 1. The largest absolute Gasteiger partial charge is 0.454 e. The Hall–Kier alpha value is -3.47. The molecule has 0 bridgehead atoms. The fourth-order valence-electron chi connectivity index (χ4n) is 3.05. The molecule has 1 heterocycles. The first-order valence-electron chi connectivity index (χ1n) is 9.32. The van der Waals surface area contributed by atoms with Gasteiger partial charge in [0.2, 0.25) is 12.7 Å². The average molecular weight is 374 g/mol. The van der Waals surface area contributed by atoms with Gasteiger partial charge >= 0.3 is 0 Å². The number of benzene rings is 3. The van der Waals surface area contributed by atoms with Gasteiger partial charge in [-0.2, -0.15) is 0 Å². The zero-order chi connectivity index (χ0) is 19.2. The van der Waals surface area contributed by atoms with Gasteiger partial charge in [0.25, 0.3) is 0 Å². The van der Waals surface area contributed by atoms with Crippen LogP contribution in [0.4, 0.5) is 11.4 Å². The number of hydrogen-bond donors (Lipinski definition) is 2. The van der Waals surface area contributed by atoms with E-state index in [1.54, 1.807) is 0 Å². The molecule has 1 aliphatic heterocycles. The van der Waals surface area contributed by atoms with Crippen LogP contribution in [0, 0.1) is 0 Å². The summed E-state index contributed by atoms with van der Waals surface area (Å²) >= 11 is 0. The Labute approximate surface area is 164 Å². The highest BCUT2D eigenvalue weighted by atomic mass is 16.7. The first-order chi connectivity index (χ1) is 13.8. The van der Waals surface area contributed by atoms with Crippen LogP contribution in [0.3, 0.4) is 0 Å². The van der Waals surface area contributed by atoms with Crippen LogP contribution in [0.5, 0.6) is 11.5 Å². The zero-order valence-corrected chi connectivity index (χ0v) is 15.5. The van der Waals surface area contributed by atoms with Gasteiger partial charge in [0, 0.05) is 24.3 Å². The molecule has 0 atom stereocenters. The lowest BCUT2D eigenvalue weighted by Gasteiger charge is -2.09. The molecule has 28 heavy (non-hydrogen) atoms. The Kier molecular flexibility index (Phi) is 5.43. The summed E-state index contributed by atoms with van der Waals surface area (Å²) in [6, 6.07) is 23.7. The van der Waals surface area contributed by atoms with Gasteiger partial charge in [0.15, 0.2) is 11.5 Å². The lowest BCUT2D eigenvalue weighted by atomic mass is 10.1. The van der Waals surface area contributed by atoms with Crippen molar-refractivity contribution in [2.24, 2.45) is 0 Å². The lowest BCUT2D eigenvalue weighted by molar-refractivity contribution is -0.116. The first-order valence-corrected chi connectivity index (χ1v) is 9.32. The molecule has 0 fully saturated rings. The van der Waals surface area contributed by atoms with Crippen molar-refractivity contribution in [2.75, 3.05) is 17.4 Å². The van der Waals surface area contributed by atoms with E-state index in [9.17, 15) is 4.79 Å². The molecule has 0 radical (unpaired) electrons. The van der Waals surface area contributed by atoms with E-state index < -0.39 is 0 Å². The van der Waals surface area contributed by atoms with Gasteiger partial charge in [-0.25, -0.2) is 0 Å². The smallest absolute Gasteiger partial charge is 0.231 e. The third-order valence-corrected chi connectivity index (χ3v) is 4.59. The van der Waals surface area contributed by atoms with Crippen molar-refractivity contribution in [2.45, 2.75) is 19.4 Å². The number of rotatable bonds is 7. The molecule has 3 aromatic carbocycles. The summed E-state index contributed by atoms with van der Waals surface area (Å²) in [5.74, 6) is 1.59. The van der Waals surface area contributed by atoms with Gasteiger partial charge in [-0.15, -0.1) is 0 Å². The second-order valence-electron chi connectivity index (χ2n) is 6.65. The summed E-state index contributed by atoms with van der Waals surface area (Å²) in [5.41, 5.74) is 4.06. The summed E-state index contributed by atoms with van der Waals surface area (Å²) in [5, 5.41) is 6.31. The molecule has 5 nitrogen and oxygen atoms in total. The van der Waals surface area contributed by atoms with Crippen LogP contribution in [0.15, 0.2) is 72.8 Å². The molecule has 0 spiro atoms. The molecule has 1 aliphatic rings. The molecule has 0 saturated heterocycles. The van der Waals surface area contributed by atoms with Crippen molar-refractivity contribution < 1.29 is 14.3 Å². The van der Waals surface area contributed by atoms with Gasteiger partial charge in [0.1, 0.15) is 0 Å². The molecule has 0 aromatic heterocycles. The van der Waals surface area contributed by atoms with Crippen LogP contribution in [0.1, 0.15) is 17.5 Å². The molecule has 3 aromatic rings. The van der Waals surface area contributed by atoms with E-state index in [-0.39, 0.29) is 12.7 Å². The quantitative estimate of drug-likeness (QED) is 0.635. The summed E-state index contributed by atoms with van der Waals surface area (Å²) in [4.78, 5) is 12.1. The second kappa shape index (κ2) is 8.48. The number of anilines is 2. The van der Waals surface area contributed by atoms with Gasteiger partial charge in [-0.05, 0) is 53.9 Å². The molecular weight excluding hydrogens is 352 g/mol. The van der Waals surface area contributed by atoms with Gasteiger partial charge in [0.05, 0.1) is 0 Å². The monoisotopic (exact) mass is 374 g/mol. The molecule has 0 aliphatic carbocycles. The average Bonchev–Trinajstić information content (AvgIpc) is 3.20. The highest BCUT2D eigenvalue weighted by Gasteiger charge is 2.12. The van der Waals surface area contributed by atoms with Crippen LogP contribution >= 0.6 is 0 Å². The molecule has 5 heteroatoms. The second-order valence-corrected chi connectivity index (χ2v) is 6.65.